The lowest BCUT2D eigenvalue weighted by Crippen LogP contribution is -2.22. The van der Waals surface area contributed by atoms with Crippen LogP contribution in [0.2, 0.25) is 5.02 Å². The van der Waals surface area contributed by atoms with E-state index >= 15 is 0 Å². The van der Waals surface area contributed by atoms with Gasteiger partial charge in [0.1, 0.15) is 12.4 Å². The Balaban J connectivity index is 1.77. The molecular weight excluding hydrogens is 340 g/mol. The molecule has 0 spiro atoms. The lowest BCUT2D eigenvalue weighted by Gasteiger charge is -2.21. The molecule has 0 aliphatic heterocycles. The number of aliphatic hydroxyl groups excluding tert-OH is 1. The molecule has 2 aromatic rings. The van der Waals surface area contributed by atoms with Crippen LogP contribution in [0.3, 0.4) is 0 Å². The summed E-state index contributed by atoms with van der Waals surface area (Å²) in [6.07, 6.45) is 9.05. The number of hydrogen-bond donors (Lipinski definition) is 2. The molecule has 1 aliphatic carbocycles. The topological polar surface area (TPSA) is 80.2 Å². The maximum atomic E-state index is 9.25. The van der Waals surface area contributed by atoms with E-state index in [9.17, 15) is 5.11 Å². The molecule has 0 bridgehead atoms. The van der Waals surface area contributed by atoms with E-state index < -0.39 is 0 Å². The Kier molecular flexibility index (Phi) is 6.04. The van der Waals surface area contributed by atoms with Crippen molar-refractivity contribution in [1.29, 1.82) is 0 Å². The first-order valence-electron chi connectivity index (χ1n) is 8.70. The highest BCUT2D eigenvalue weighted by Gasteiger charge is 2.28. The van der Waals surface area contributed by atoms with Crippen molar-refractivity contribution in [1.82, 2.24) is 15.0 Å². The van der Waals surface area contributed by atoms with Gasteiger partial charge in [0, 0.05) is 23.9 Å². The van der Waals surface area contributed by atoms with Gasteiger partial charge in [0.2, 0.25) is 0 Å². The van der Waals surface area contributed by atoms with Gasteiger partial charge in [0.15, 0.2) is 11.6 Å². The Hall–Kier alpha value is -1.92. The maximum Gasteiger partial charge on any atom is 0.180 e. The molecule has 25 heavy (non-hydrogen) atoms. The molecule has 2 heterocycles. The monoisotopic (exact) mass is 362 g/mol. The molecule has 6 nitrogen and oxygen atoms in total. The first kappa shape index (κ1) is 17.9. The summed E-state index contributed by atoms with van der Waals surface area (Å²) in [5.41, 5.74) is 1.95. The molecule has 2 N–H and O–H groups in total. The van der Waals surface area contributed by atoms with Crippen LogP contribution in [0.5, 0.6) is 5.75 Å². The summed E-state index contributed by atoms with van der Waals surface area (Å²) in [5.74, 6) is 1.25. The smallest absolute Gasteiger partial charge is 0.180 e. The highest BCUT2D eigenvalue weighted by Crippen LogP contribution is 2.38. The second-order valence-electron chi connectivity index (χ2n) is 6.18. The highest BCUT2D eigenvalue weighted by atomic mass is 35.5. The van der Waals surface area contributed by atoms with Crippen molar-refractivity contribution in [3.8, 4) is 5.75 Å². The fraction of sp³-hybridized carbons (Fsp3) is 0.500. The van der Waals surface area contributed by atoms with Gasteiger partial charge in [-0.15, -0.1) is 0 Å². The third kappa shape index (κ3) is 4.19. The number of fused-ring (bicyclic) bond motifs is 1. The summed E-state index contributed by atoms with van der Waals surface area (Å²) in [5, 5.41) is 13.4. The molecule has 0 radical (unpaired) electrons. The summed E-state index contributed by atoms with van der Waals surface area (Å²) in [6.45, 7) is 2.26. The van der Waals surface area contributed by atoms with Crippen molar-refractivity contribution in [2.24, 2.45) is 0 Å². The quantitative estimate of drug-likeness (QED) is 0.747. The van der Waals surface area contributed by atoms with Crippen LogP contribution in [0.25, 0.3) is 0 Å². The van der Waals surface area contributed by atoms with Gasteiger partial charge in [-0.25, -0.2) is 9.97 Å². The van der Waals surface area contributed by atoms with Gasteiger partial charge in [-0.2, -0.15) is 0 Å². The van der Waals surface area contributed by atoms with Gasteiger partial charge in [-0.05, 0) is 37.3 Å². The van der Waals surface area contributed by atoms with Crippen molar-refractivity contribution in [2.45, 2.75) is 51.2 Å². The molecule has 3 rings (SSSR count). The summed E-state index contributed by atoms with van der Waals surface area (Å²) in [6, 6.07) is 1.96. The molecule has 0 amide bonds. The van der Waals surface area contributed by atoms with Crippen LogP contribution in [0.4, 0.5) is 5.82 Å². The molecule has 0 unspecified atom stereocenters. The van der Waals surface area contributed by atoms with Crippen LogP contribution in [-0.2, 0) is 6.42 Å². The number of aromatic nitrogens is 3. The predicted molar refractivity (Wildman–Crippen MR) is 97.0 cm³/mol. The third-order valence-electron chi connectivity index (χ3n) is 4.40. The van der Waals surface area contributed by atoms with E-state index in [4.69, 9.17) is 16.3 Å². The molecular formula is C18H23ClN4O2. The third-order valence-corrected chi connectivity index (χ3v) is 4.75. The molecule has 134 valence electrons. The molecule has 1 aliphatic rings. The van der Waals surface area contributed by atoms with Gasteiger partial charge in [0.25, 0.3) is 0 Å². The Labute approximate surface area is 152 Å². The van der Waals surface area contributed by atoms with E-state index in [1.54, 1.807) is 12.4 Å². The summed E-state index contributed by atoms with van der Waals surface area (Å²) >= 11 is 6.25. The molecule has 0 saturated heterocycles. The van der Waals surface area contributed by atoms with Crippen LogP contribution >= 0.6 is 11.6 Å². The first-order valence-corrected chi connectivity index (χ1v) is 9.08. The maximum absolute atomic E-state index is 9.25. The number of anilines is 1. The number of hydrogen-bond acceptors (Lipinski definition) is 6. The van der Waals surface area contributed by atoms with Gasteiger partial charge < -0.3 is 15.2 Å². The first-order chi connectivity index (χ1) is 12.2. The van der Waals surface area contributed by atoms with E-state index in [-0.39, 0.29) is 18.8 Å². The van der Waals surface area contributed by atoms with E-state index in [1.165, 1.54) is 6.33 Å². The van der Waals surface area contributed by atoms with Gasteiger partial charge >= 0.3 is 0 Å². The standard InChI is InChI=1S/C18H23ClN4O2/c1-2-3-12(7-9-24)23-18-16(10-20-11-22-18)25-15-5-4-13-14(19)6-8-21-17(13)15/h6,8,10-12,15,24H,2-5,7,9H2,1H3,(H,20,22,23)/t12-,15-/m0/s1. The minimum atomic E-state index is -0.150. The van der Waals surface area contributed by atoms with Gasteiger partial charge in [-0.3, -0.25) is 4.98 Å². The molecule has 0 saturated carbocycles. The zero-order chi connectivity index (χ0) is 17.6. The fourth-order valence-corrected chi connectivity index (χ4v) is 3.43. The van der Waals surface area contributed by atoms with Crippen molar-refractivity contribution < 1.29 is 9.84 Å². The largest absolute Gasteiger partial charge is 0.479 e. The average Bonchev–Trinajstić information content (AvgIpc) is 3.02. The minimum Gasteiger partial charge on any atom is -0.479 e. The van der Waals surface area contributed by atoms with Gasteiger partial charge in [0.05, 0.1) is 11.9 Å². The van der Waals surface area contributed by atoms with Gasteiger partial charge in [-0.1, -0.05) is 24.9 Å². The zero-order valence-electron chi connectivity index (χ0n) is 14.3. The molecule has 0 aromatic carbocycles. The number of nitrogens with one attached hydrogen (secondary N) is 1. The van der Waals surface area contributed by atoms with E-state index in [2.05, 4.69) is 27.2 Å². The van der Waals surface area contributed by atoms with Crippen molar-refractivity contribution >= 4 is 17.4 Å². The summed E-state index contributed by atoms with van der Waals surface area (Å²) < 4.78 is 6.17. The second kappa shape index (κ2) is 8.45. The predicted octanol–water partition coefficient (Wildman–Crippen LogP) is 3.55. The Morgan fingerprint density at radius 3 is 3.08 bits per heavy atom. The SMILES string of the molecule is CCC[C@@H](CCO)Nc1ncncc1O[C@H]1CCc2c(Cl)ccnc21. The van der Waals surface area contributed by atoms with Crippen LogP contribution < -0.4 is 10.1 Å². The van der Waals surface area contributed by atoms with Crippen LogP contribution in [0.1, 0.15) is 50.0 Å². The minimum absolute atomic E-state index is 0.136. The van der Waals surface area contributed by atoms with Crippen LogP contribution in [0, 0.1) is 0 Å². The van der Waals surface area contributed by atoms with Crippen LogP contribution in [-0.4, -0.2) is 32.7 Å². The number of ether oxygens (including phenoxy) is 1. The highest BCUT2D eigenvalue weighted by molar-refractivity contribution is 6.31. The fourth-order valence-electron chi connectivity index (χ4n) is 3.19. The zero-order valence-corrected chi connectivity index (χ0v) is 15.0. The lowest BCUT2D eigenvalue weighted by atomic mass is 10.1. The molecule has 2 aromatic heterocycles. The van der Waals surface area contributed by atoms with Crippen LogP contribution in [0.15, 0.2) is 24.8 Å². The van der Waals surface area contributed by atoms with E-state index in [1.807, 2.05) is 6.07 Å². The summed E-state index contributed by atoms with van der Waals surface area (Å²) in [4.78, 5) is 12.9. The van der Waals surface area contributed by atoms with E-state index in [0.29, 0.717) is 18.0 Å². The van der Waals surface area contributed by atoms with E-state index in [0.717, 1.165) is 42.0 Å². The normalized spacial score (nSPS) is 17.2. The Bertz CT molecular complexity index is 707. The second-order valence-corrected chi connectivity index (χ2v) is 6.59. The number of rotatable bonds is 8. The lowest BCUT2D eigenvalue weighted by molar-refractivity contribution is 0.202. The molecule has 2 atom stereocenters. The number of nitrogens with zero attached hydrogens (tertiary/aromatic N) is 3. The number of aliphatic hydroxyl groups is 1. The number of halogens is 1. The molecule has 0 fully saturated rings. The molecule has 7 heteroatoms. The average molecular weight is 363 g/mol. The summed E-state index contributed by atoms with van der Waals surface area (Å²) in [7, 11) is 0. The Morgan fingerprint density at radius 2 is 2.28 bits per heavy atom. The number of pyridine rings is 1. The Morgan fingerprint density at radius 1 is 1.40 bits per heavy atom. The van der Waals surface area contributed by atoms with Crippen molar-refractivity contribution in [2.75, 3.05) is 11.9 Å². The van der Waals surface area contributed by atoms with Crippen molar-refractivity contribution in [3.05, 3.63) is 41.1 Å². The van der Waals surface area contributed by atoms with Crippen molar-refractivity contribution in [3.63, 3.8) is 0 Å².